The molecule has 0 atom stereocenters. The molecule has 6 heteroatoms. The van der Waals surface area contributed by atoms with Crippen LogP contribution in [0.15, 0.2) is 24.3 Å². The monoisotopic (exact) mass is 333 g/mol. The van der Waals surface area contributed by atoms with E-state index in [9.17, 15) is 9.59 Å². The van der Waals surface area contributed by atoms with Crippen molar-refractivity contribution < 1.29 is 14.3 Å². The Morgan fingerprint density at radius 1 is 1.25 bits per heavy atom. The lowest BCUT2D eigenvalue weighted by Gasteiger charge is -2.10. The van der Waals surface area contributed by atoms with Gasteiger partial charge in [-0.3, -0.25) is 4.79 Å². The molecule has 1 aliphatic rings. The normalized spacial score (nSPS) is 13.6. The average Bonchev–Trinajstić information content (AvgIpc) is 3.37. The molecule has 1 saturated carbocycles. The van der Waals surface area contributed by atoms with Crippen LogP contribution in [0.5, 0.6) is 0 Å². The molecule has 24 heavy (non-hydrogen) atoms. The van der Waals surface area contributed by atoms with Crippen molar-refractivity contribution in [3.05, 3.63) is 29.8 Å². The number of urea groups is 1. The summed E-state index contributed by atoms with van der Waals surface area (Å²) in [5, 5.41) is 8.52. The number of nitrogens with one attached hydrogen (secondary N) is 3. The van der Waals surface area contributed by atoms with Crippen LogP contribution in [0, 0.1) is 5.92 Å². The first-order valence-corrected chi connectivity index (χ1v) is 8.57. The molecule has 3 N–H and O–H groups in total. The number of benzene rings is 1. The maximum atomic E-state index is 11.8. The summed E-state index contributed by atoms with van der Waals surface area (Å²) in [6.07, 6.45) is 2.96. The molecule has 0 bridgehead atoms. The minimum absolute atomic E-state index is 0.0847. The van der Waals surface area contributed by atoms with Gasteiger partial charge < -0.3 is 20.7 Å². The predicted molar refractivity (Wildman–Crippen MR) is 93.7 cm³/mol. The zero-order valence-electron chi connectivity index (χ0n) is 14.4. The molecule has 2 rings (SSSR count). The SMILES string of the molecule is CC(C)OCCCNC(=O)NCc1cccc(NC(=O)C2CC2)c1. The van der Waals surface area contributed by atoms with Gasteiger partial charge in [0.1, 0.15) is 0 Å². The minimum atomic E-state index is -0.202. The van der Waals surface area contributed by atoms with Crippen molar-refractivity contribution >= 4 is 17.6 Å². The van der Waals surface area contributed by atoms with E-state index in [2.05, 4.69) is 16.0 Å². The van der Waals surface area contributed by atoms with Crippen LogP contribution in [0.2, 0.25) is 0 Å². The van der Waals surface area contributed by atoms with E-state index in [0.717, 1.165) is 30.5 Å². The average molecular weight is 333 g/mol. The molecule has 6 nitrogen and oxygen atoms in total. The molecule has 0 aromatic heterocycles. The number of hydrogen-bond donors (Lipinski definition) is 3. The number of carbonyl (C=O) groups is 2. The largest absolute Gasteiger partial charge is 0.379 e. The maximum absolute atomic E-state index is 11.8. The van der Waals surface area contributed by atoms with Crippen LogP contribution < -0.4 is 16.0 Å². The molecule has 132 valence electrons. The third kappa shape index (κ3) is 7.00. The number of ether oxygens (including phenoxy) is 1. The summed E-state index contributed by atoms with van der Waals surface area (Å²) in [7, 11) is 0. The molecule has 0 radical (unpaired) electrons. The first-order chi connectivity index (χ1) is 11.5. The third-order valence-electron chi connectivity index (χ3n) is 3.65. The van der Waals surface area contributed by atoms with E-state index >= 15 is 0 Å². The van der Waals surface area contributed by atoms with Crippen LogP contribution in [0.4, 0.5) is 10.5 Å². The molecule has 0 spiro atoms. The number of amides is 3. The van der Waals surface area contributed by atoms with Gasteiger partial charge in [0.25, 0.3) is 0 Å². The van der Waals surface area contributed by atoms with E-state index in [4.69, 9.17) is 4.74 Å². The Kier molecular flexibility index (Phi) is 7.06. The second kappa shape index (κ2) is 9.27. The fourth-order valence-electron chi connectivity index (χ4n) is 2.19. The predicted octanol–water partition coefficient (Wildman–Crippen LogP) is 2.65. The molecule has 0 heterocycles. The lowest BCUT2D eigenvalue weighted by Crippen LogP contribution is -2.36. The Morgan fingerprint density at radius 3 is 2.75 bits per heavy atom. The molecular formula is C18H27N3O3. The van der Waals surface area contributed by atoms with E-state index in [1.165, 1.54) is 0 Å². The van der Waals surface area contributed by atoms with Gasteiger partial charge in [-0.05, 0) is 50.8 Å². The quantitative estimate of drug-likeness (QED) is 0.608. The fraction of sp³-hybridized carbons (Fsp3) is 0.556. The number of carbonyl (C=O) groups excluding carboxylic acids is 2. The summed E-state index contributed by atoms with van der Waals surface area (Å²) in [5.74, 6) is 0.263. The molecule has 1 aromatic rings. The van der Waals surface area contributed by atoms with Gasteiger partial charge in [-0.25, -0.2) is 4.79 Å². The van der Waals surface area contributed by atoms with Gasteiger partial charge in [0.15, 0.2) is 0 Å². The van der Waals surface area contributed by atoms with Gasteiger partial charge in [-0.2, -0.15) is 0 Å². The highest BCUT2D eigenvalue weighted by Gasteiger charge is 2.29. The molecule has 3 amide bonds. The standard InChI is InChI=1S/C18H27N3O3/c1-13(2)24-10-4-9-19-18(23)20-12-14-5-3-6-16(11-14)21-17(22)15-7-8-15/h3,5-6,11,13,15H,4,7-10,12H2,1-2H3,(H,21,22)(H2,19,20,23). The van der Waals surface area contributed by atoms with Gasteiger partial charge in [-0.1, -0.05) is 12.1 Å². The number of hydrogen-bond acceptors (Lipinski definition) is 3. The Hall–Kier alpha value is -2.08. The Morgan fingerprint density at radius 2 is 2.04 bits per heavy atom. The number of anilines is 1. The zero-order chi connectivity index (χ0) is 17.4. The van der Waals surface area contributed by atoms with Gasteiger partial charge >= 0.3 is 6.03 Å². The lowest BCUT2D eigenvalue weighted by molar-refractivity contribution is -0.117. The summed E-state index contributed by atoms with van der Waals surface area (Å²) >= 11 is 0. The molecule has 1 aromatic carbocycles. The molecule has 0 saturated heterocycles. The summed E-state index contributed by atoms with van der Waals surface area (Å²) < 4.78 is 5.41. The molecule has 0 unspecified atom stereocenters. The van der Waals surface area contributed by atoms with Crippen molar-refractivity contribution in [3.8, 4) is 0 Å². The van der Waals surface area contributed by atoms with Crippen LogP contribution in [0.3, 0.4) is 0 Å². The highest BCUT2D eigenvalue weighted by molar-refractivity contribution is 5.94. The van der Waals surface area contributed by atoms with E-state index in [1.807, 2.05) is 38.1 Å². The second-order valence-corrected chi connectivity index (χ2v) is 6.35. The van der Waals surface area contributed by atoms with Crippen molar-refractivity contribution in [1.82, 2.24) is 10.6 Å². The van der Waals surface area contributed by atoms with Crippen molar-refractivity contribution in [2.75, 3.05) is 18.5 Å². The number of rotatable bonds is 9. The van der Waals surface area contributed by atoms with E-state index in [-0.39, 0.29) is 24.0 Å². The van der Waals surface area contributed by atoms with Crippen LogP contribution in [-0.4, -0.2) is 31.2 Å². The molecule has 1 aliphatic carbocycles. The van der Waals surface area contributed by atoms with Crippen LogP contribution in [0.25, 0.3) is 0 Å². The Balaban J connectivity index is 1.65. The third-order valence-corrected chi connectivity index (χ3v) is 3.65. The van der Waals surface area contributed by atoms with E-state index in [0.29, 0.717) is 19.7 Å². The van der Waals surface area contributed by atoms with Crippen molar-refractivity contribution in [1.29, 1.82) is 0 Å². The topological polar surface area (TPSA) is 79.5 Å². The first kappa shape index (κ1) is 18.3. The van der Waals surface area contributed by atoms with Crippen LogP contribution in [0.1, 0.15) is 38.7 Å². The van der Waals surface area contributed by atoms with E-state index in [1.54, 1.807) is 0 Å². The minimum Gasteiger partial charge on any atom is -0.379 e. The van der Waals surface area contributed by atoms with Crippen molar-refractivity contribution in [2.24, 2.45) is 5.92 Å². The summed E-state index contributed by atoms with van der Waals surface area (Å²) in [5.41, 5.74) is 1.72. The smallest absolute Gasteiger partial charge is 0.315 e. The molecule has 1 fully saturated rings. The van der Waals surface area contributed by atoms with Crippen LogP contribution in [-0.2, 0) is 16.1 Å². The highest BCUT2D eigenvalue weighted by Crippen LogP contribution is 2.30. The van der Waals surface area contributed by atoms with Crippen LogP contribution >= 0.6 is 0 Å². The lowest BCUT2D eigenvalue weighted by atomic mass is 10.2. The maximum Gasteiger partial charge on any atom is 0.315 e. The van der Waals surface area contributed by atoms with E-state index < -0.39 is 0 Å². The van der Waals surface area contributed by atoms with Crippen molar-refractivity contribution in [3.63, 3.8) is 0 Å². The second-order valence-electron chi connectivity index (χ2n) is 6.35. The first-order valence-electron chi connectivity index (χ1n) is 8.57. The summed E-state index contributed by atoms with van der Waals surface area (Å²) in [6, 6.07) is 7.34. The summed E-state index contributed by atoms with van der Waals surface area (Å²) in [6.45, 7) is 5.61. The molecular weight excluding hydrogens is 306 g/mol. The highest BCUT2D eigenvalue weighted by atomic mass is 16.5. The molecule has 0 aliphatic heterocycles. The van der Waals surface area contributed by atoms with Gasteiger partial charge in [0.05, 0.1) is 6.10 Å². The Bertz CT molecular complexity index is 556. The van der Waals surface area contributed by atoms with Gasteiger partial charge in [0.2, 0.25) is 5.91 Å². The summed E-state index contributed by atoms with van der Waals surface area (Å²) in [4.78, 5) is 23.5. The van der Waals surface area contributed by atoms with Crippen molar-refractivity contribution in [2.45, 2.75) is 45.8 Å². The Labute approximate surface area is 143 Å². The van der Waals surface area contributed by atoms with Gasteiger partial charge in [-0.15, -0.1) is 0 Å². The van der Waals surface area contributed by atoms with Gasteiger partial charge in [0, 0.05) is 31.3 Å². The zero-order valence-corrected chi connectivity index (χ0v) is 14.4. The fourth-order valence-corrected chi connectivity index (χ4v) is 2.19.